The van der Waals surface area contributed by atoms with Gasteiger partial charge < -0.3 is 10.4 Å². The normalized spacial score (nSPS) is 24.1. The highest BCUT2D eigenvalue weighted by atomic mass is 16.3. The number of nitrogens with zero attached hydrogens (tertiary/aromatic N) is 2. The Hall–Kier alpha value is -1.68. The monoisotopic (exact) mass is 257 g/mol. The van der Waals surface area contributed by atoms with E-state index in [-0.39, 0.29) is 12.1 Å². The molecule has 0 bridgehead atoms. The van der Waals surface area contributed by atoms with E-state index in [9.17, 15) is 5.11 Å². The predicted molar refractivity (Wildman–Crippen MR) is 76.0 cm³/mol. The van der Waals surface area contributed by atoms with Gasteiger partial charge in [-0.2, -0.15) is 5.10 Å². The molecule has 4 heteroatoms. The number of rotatable bonds is 2. The number of aromatic nitrogens is 2. The third-order valence-electron chi connectivity index (χ3n) is 3.87. The second-order valence-electron chi connectivity index (χ2n) is 5.24. The van der Waals surface area contributed by atoms with E-state index in [2.05, 4.69) is 15.5 Å². The number of aliphatic hydroxyl groups is 1. The summed E-state index contributed by atoms with van der Waals surface area (Å²) in [5, 5.41) is 23.9. The van der Waals surface area contributed by atoms with E-state index in [1.807, 2.05) is 24.3 Å². The highest BCUT2D eigenvalue weighted by Gasteiger charge is 2.22. The van der Waals surface area contributed by atoms with Crippen LogP contribution in [0.4, 0.5) is 5.82 Å². The zero-order valence-electron chi connectivity index (χ0n) is 10.9. The van der Waals surface area contributed by atoms with E-state index in [1.165, 1.54) is 6.42 Å². The smallest absolute Gasteiger partial charge is 0.156 e. The molecule has 1 heterocycles. The molecular weight excluding hydrogens is 238 g/mol. The second kappa shape index (κ2) is 5.53. The van der Waals surface area contributed by atoms with Gasteiger partial charge in [-0.15, -0.1) is 5.10 Å². The molecule has 1 aliphatic rings. The fraction of sp³-hybridized carbons (Fsp3) is 0.467. The van der Waals surface area contributed by atoms with Crippen molar-refractivity contribution in [2.75, 3.05) is 5.32 Å². The molecule has 2 aromatic rings. The average Bonchev–Trinajstić information content (AvgIpc) is 2.65. The number of nitrogens with one attached hydrogen (secondary N) is 1. The lowest BCUT2D eigenvalue weighted by molar-refractivity contribution is 0.144. The van der Waals surface area contributed by atoms with Crippen LogP contribution in [0.15, 0.2) is 30.5 Å². The lowest BCUT2D eigenvalue weighted by Crippen LogP contribution is -2.32. The predicted octanol–water partition coefficient (Wildman–Crippen LogP) is 2.74. The van der Waals surface area contributed by atoms with Crippen LogP contribution in [0.25, 0.3) is 10.8 Å². The molecule has 2 unspecified atom stereocenters. The maximum Gasteiger partial charge on any atom is 0.156 e. The molecule has 4 nitrogen and oxygen atoms in total. The molecule has 0 amide bonds. The van der Waals surface area contributed by atoms with Gasteiger partial charge in [-0.1, -0.05) is 43.5 Å². The standard InChI is InChI=1S/C15H19N3O/c19-14-9-3-1-2-8-13(14)17-15-12-7-5-4-6-11(12)10-16-18-15/h4-7,10,13-14,19H,1-3,8-9H2,(H,17,18). The zero-order valence-corrected chi connectivity index (χ0v) is 10.9. The number of fused-ring (bicyclic) bond motifs is 1. The molecule has 19 heavy (non-hydrogen) atoms. The maximum atomic E-state index is 10.2. The molecule has 100 valence electrons. The number of hydrogen-bond acceptors (Lipinski definition) is 4. The fourth-order valence-electron chi connectivity index (χ4n) is 2.77. The Bertz CT molecular complexity index is 553. The van der Waals surface area contributed by atoms with Gasteiger partial charge >= 0.3 is 0 Å². The summed E-state index contributed by atoms with van der Waals surface area (Å²) < 4.78 is 0. The minimum absolute atomic E-state index is 0.0857. The first-order chi connectivity index (χ1) is 9.34. The molecular formula is C15H19N3O. The number of anilines is 1. The minimum Gasteiger partial charge on any atom is -0.391 e. The summed E-state index contributed by atoms with van der Waals surface area (Å²) in [4.78, 5) is 0. The number of benzene rings is 1. The lowest BCUT2D eigenvalue weighted by atomic mass is 10.1. The van der Waals surface area contributed by atoms with E-state index in [1.54, 1.807) is 6.20 Å². The quantitative estimate of drug-likeness (QED) is 0.812. The molecule has 0 saturated heterocycles. The summed E-state index contributed by atoms with van der Waals surface area (Å²) in [5.41, 5.74) is 0. The van der Waals surface area contributed by atoms with Crippen molar-refractivity contribution in [2.24, 2.45) is 0 Å². The van der Waals surface area contributed by atoms with Crippen molar-refractivity contribution in [3.63, 3.8) is 0 Å². The summed E-state index contributed by atoms with van der Waals surface area (Å²) in [7, 11) is 0. The largest absolute Gasteiger partial charge is 0.391 e. The van der Waals surface area contributed by atoms with Crippen LogP contribution in [-0.4, -0.2) is 27.4 Å². The van der Waals surface area contributed by atoms with E-state index in [0.29, 0.717) is 0 Å². The fourth-order valence-corrected chi connectivity index (χ4v) is 2.77. The van der Waals surface area contributed by atoms with E-state index in [0.717, 1.165) is 42.3 Å². The molecule has 1 aromatic carbocycles. The van der Waals surface area contributed by atoms with Gasteiger partial charge in [-0.25, -0.2) is 0 Å². The minimum atomic E-state index is -0.289. The molecule has 1 fully saturated rings. The van der Waals surface area contributed by atoms with Gasteiger partial charge in [0.2, 0.25) is 0 Å². The Kier molecular flexibility index (Phi) is 3.60. The Morgan fingerprint density at radius 3 is 2.89 bits per heavy atom. The number of hydrogen-bond donors (Lipinski definition) is 2. The van der Waals surface area contributed by atoms with Crippen LogP contribution in [0.2, 0.25) is 0 Å². The molecule has 1 aromatic heterocycles. The zero-order chi connectivity index (χ0) is 13.1. The summed E-state index contributed by atoms with van der Waals surface area (Å²) in [6, 6.07) is 8.14. The van der Waals surface area contributed by atoms with Crippen molar-refractivity contribution in [1.82, 2.24) is 10.2 Å². The topological polar surface area (TPSA) is 58.0 Å². The van der Waals surface area contributed by atoms with E-state index in [4.69, 9.17) is 0 Å². The molecule has 2 N–H and O–H groups in total. The molecule has 0 spiro atoms. The Balaban J connectivity index is 1.88. The summed E-state index contributed by atoms with van der Waals surface area (Å²) in [6.07, 6.45) is 6.82. The third-order valence-corrected chi connectivity index (χ3v) is 3.87. The van der Waals surface area contributed by atoms with Crippen molar-refractivity contribution in [1.29, 1.82) is 0 Å². The average molecular weight is 257 g/mol. The van der Waals surface area contributed by atoms with Crippen molar-refractivity contribution in [3.8, 4) is 0 Å². The lowest BCUT2D eigenvalue weighted by Gasteiger charge is -2.22. The van der Waals surface area contributed by atoms with Crippen LogP contribution in [0.5, 0.6) is 0 Å². The molecule has 2 atom stereocenters. The van der Waals surface area contributed by atoms with E-state index < -0.39 is 0 Å². The highest BCUT2D eigenvalue weighted by Crippen LogP contribution is 2.24. The first-order valence-corrected chi connectivity index (χ1v) is 6.99. The molecule has 0 radical (unpaired) electrons. The van der Waals surface area contributed by atoms with E-state index >= 15 is 0 Å². The first kappa shape index (κ1) is 12.4. The number of aliphatic hydroxyl groups excluding tert-OH is 1. The van der Waals surface area contributed by atoms with Crippen LogP contribution in [-0.2, 0) is 0 Å². The van der Waals surface area contributed by atoms with Crippen molar-refractivity contribution < 1.29 is 5.11 Å². The van der Waals surface area contributed by atoms with Gasteiger partial charge in [0.25, 0.3) is 0 Å². The molecule has 0 aliphatic heterocycles. The molecule has 1 saturated carbocycles. The van der Waals surface area contributed by atoms with Crippen molar-refractivity contribution in [3.05, 3.63) is 30.5 Å². The third kappa shape index (κ3) is 2.68. The first-order valence-electron chi connectivity index (χ1n) is 6.99. The van der Waals surface area contributed by atoms with Gasteiger partial charge in [0.05, 0.1) is 18.3 Å². The SMILES string of the molecule is OC1CCCCCC1Nc1nncc2ccccc12. The van der Waals surface area contributed by atoms with Gasteiger partial charge in [-0.3, -0.25) is 0 Å². The summed E-state index contributed by atoms with van der Waals surface area (Å²) in [6.45, 7) is 0. The van der Waals surface area contributed by atoms with Crippen LogP contribution in [0.3, 0.4) is 0 Å². The summed E-state index contributed by atoms with van der Waals surface area (Å²) in [5.74, 6) is 0.782. The van der Waals surface area contributed by atoms with Gasteiger partial charge in [0.1, 0.15) is 0 Å². The highest BCUT2D eigenvalue weighted by molar-refractivity contribution is 5.90. The van der Waals surface area contributed by atoms with Crippen molar-refractivity contribution >= 4 is 16.6 Å². The van der Waals surface area contributed by atoms with Crippen LogP contribution >= 0.6 is 0 Å². The second-order valence-corrected chi connectivity index (χ2v) is 5.24. The molecule has 3 rings (SSSR count). The Morgan fingerprint density at radius 1 is 1.11 bits per heavy atom. The van der Waals surface area contributed by atoms with Crippen LogP contribution in [0.1, 0.15) is 32.1 Å². The van der Waals surface area contributed by atoms with Gasteiger partial charge in [0, 0.05) is 10.8 Å². The van der Waals surface area contributed by atoms with Crippen LogP contribution in [0, 0.1) is 0 Å². The Morgan fingerprint density at radius 2 is 1.95 bits per heavy atom. The van der Waals surface area contributed by atoms with Gasteiger partial charge in [0.15, 0.2) is 5.82 Å². The Labute approximate surface area is 112 Å². The maximum absolute atomic E-state index is 10.2. The van der Waals surface area contributed by atoms with Crippen LogP contribution < -0.4 is 5.32 Å². The van der Waals surface area contributed by atoms with Gasteiger partial charge in [-0.05, 0) is 12.8 Å². The van der Waals surface area contributed by atoms with Crippen molar-refractivity contribution in [2.45, 2.75) is 44.2 Å². The molecule has 1 aliphatic carbocycles. The summed E-state index contributed by atoms with van der Waals surface area (Å²) >= 11 is 0.